The summed E-state index contributed by atoms with van der Waals surface area (Å²) in [6.07, 6.45) is 4.36. The van der Waals surface area contributed by atoms with Crippen LogP contribution in [0.15, 0.2) is 30.5 Å². The van der Waals surface area contributed by atoms with E-state index < -0.39 is 0 Å². The highest BCUT2D eigenvalue weighted by atomic mass is 19.1. The monoisotopic (exact) mass is 314 g/mol. The molecule has 2 atom stereocenters. The zero-order valence-electron chi connectivity index (χ0n) is 12.8. The topological polar surface area (TPSA) is 57.4 Å². The molecular weight excluding hydrogens is 295 g/mol. The normalized spacial score (nSPS) is 23.0. The van der Waals surface area contributed by atoms with Gasteiger partial charge in [-0.25, -0.2) is 9.37 Å². The van der Waals surface area contributed by atoms with E-state index in [1.807, 2.05) is 18.2 Å². The molecule has 1 aliphatic carbocycles. The van der Waals surface area contributed by atoms with E-state index in [1.165, 1.54) is 6.07 Å². The Labute approximate surface area is 134 Å². The molecule has 0 saturated carbocycles. The van der Waals surface area contributed by atoms with Gasteiger partial charge in [-0.2, -0.15) is 0 Å². The number of benzene rings is 1. The third-order valence-electron chi connectivity index (χ3n) is 4.60. The fourth-order valence-electron chi connectivity index (χ4n) is 3.41. The average molecular weight is 314 g/mol. The van der Waals surface area contributed by atoms with Gasteiger partial charge in [0, 0.05) is 35.9 Å². The van der Waals surface area contributed by atoms with E-state index in [9.17, 15) is 4.39 Å². The maximum atomic E-state index is 14.0. The van der Waals surface area contributed by atoms with Crippen LogP contribution in [-0.2, 0) is 11.2 Å². The quantitative estimate of drug-likeness (QED) is 0.946. The van der Waals surface area contributed by atoms with Crippen LogP contribution in [0.25, 0.3) is 11.1 Å². The summed E-state index contributed by atoms with van der Waals surface area (Å²) >= 11 is 0. The van der Waals surface area contributed by atoms with Gasteiger partial charge in [0.2, 0.25) is 5.88 Å². The van der Waals surface area contributed by atoms with Gasteiger partial charge in [-0.15, -0.1) is 0 Å². The number of hydrogen-bond donors (Lipinski definition) is 1. The van der Waals surface area contributed by atoms with Crippen LogP contribution >= 0.6 is 0 Å². The van der Waals surface area contributed by atoms with Crippen molar-refractivity contribution in [3.8, 4) is 17.0 Å². The molecule has 1 saturated heterocycles. The Hall–Kier alpha value is -1.98. The second-order valence-corrected chi connectivity index (χ2v) is 6.12. The smallest absolute Gasteiger partial charge is 0.213 e. The highest BCUT2D eigenvalue weighted by Crippen LogP contribution is 2.38. The summed E-state index contributed by atoms with van der Waals surface area (Å²) in [5.74, 6) is 0.391. The molecule has 23 heavy (non-hydrogen) atoms. The van der Waals surface area contributed by atoms with E-state index in [2.05, 4.69) is 4.98 Å². The molecule has 1 aromatic carbocycles. The van der Waals surface area contributed by atoms with Crippen LogP contribution in [0, 0.1) is 5.82 Å². The molecule has 4 rings (SSSR count). The molecule has 2 aliphatic rings. The van der Waals surface area contributed by atoms with Crippen molar-refractivity contribution in [3.63, 3.8) is 0 Å². The molecule has 2 N–H and O–H groups in total. The van der Waals surface area contributed by atoms with Crippen molar-refractivity contribution in [2.24, 2.45) is 5.73 Å². The SMILES string of the molecule is N[C@@H]1CCc2c(-c3ccc(O[C@@H]4CCOC4)nc3)ccc(F)c21. The Morgan fingerprint density at radius 1 is 1.22 bits per heavy atom. The predicted octanol–water partition coefficient (Wildman–Crippen LogP) is 3.00. The van der Waals surface area contributed by atoms with Gasteiger partial charge in [0.05, 0.1) is 13.2 Å². The summed E-state index contributed by atoms with van der Waals surface area (Å²) in [5, 5.41) is 0. The fraction of sp³-hybridized carbons (Fsp3) is 0.389. The molecule has 1 aromatic heterocycles. The van der Waals surface area contributed by atoms with E-state index >= 15 is 0 Å². The fourth-order valence-corrected chi connectivity index (χ4v) is 3.41. The molecule has 1 fully saturated rings. The number of nitrogens with two attached hydrogens (primary N) is 1. The number of hydrogen-bond acceptors (Lipinski definition) is 4. The number of nitrogens with zero attached hydrogens (tertiary/aromatic N) is 1. The number of pyridine rings is 1. The lowest BCUT2D eigenvalue weighted by Gasteiger charge is -2.13. The van der Waals surface area contributed by atoms with E-state index in [4.69, 9.17) is 15.2 Å². The molecule has 0 radical (unpaired) electrons. The molecule has 2 heterocycles. The van der Waals surface area contributed by atoms with Gasteiger partial charge in [0.25, 0.3) is 0 Å². The van der Waals surface area contributed by atoms with Crippen molar-refractivity contribution in [2.45, 2.75) is 31.4 Å². The Morgan fingerprint density at radius 3 is 2.87 bits per heavy atom. The molecule has 2 aromatic rings. The van der Waals surface area contributed by atoms with Gasteiger partial charge in [-0.05, 0) is 36.1 Å². The maximum Gasteiger partial charge on any atom is 0.213 e. The van der Waals surface area contributed by atoms with Gasteiger partial charge in [0.1, 0.15) is 11.9 Å². The summed E-state index contributed by atoms with van der Waals surface area (Å²) in [6.45, 7) is 1.36. The summed E-state index contributed by atoms with van der Waals surface area (Å²) < 4.78 is 25.1. The van der Waals surface area contributed by atoms with Crippen LogP contribution in [0.1, 0.15) is 30.0 Å². The van der Waals surface area contributed by atoms with Crippen molar-refractivity contribution in [2.75, 3.05) is 13.2 Å². The highest BCUT2D eigenvalue weighted by Gasteiger charge is 2.26. The Morgan fingerprint density at radius 2 is 2.13 bits per heavy atom. The Kier molecular flexibility index (Phi) is 3.75. The van der Waals surface area contributed by atoms with Crippen LogP contribution in [-0.4, -0.2) is 24.3 Å². The number of halogens is 1. The minimum Gasteiger partial charge on any atom is -0.472 e. The van der Waals surface area contributed by atoms with Gasteiger partial charge >= 0.3 is 0 Å². The van der Waals surface area contributed by atoms with Crippen LogP contribution in [0.4, 0.5) is 4.39 Å². The second kappa shape index (κ2) is 5.91. The molecule has 0 amide bonds. The van der Waals surface area contributed by atoms with Crippen LogP contribution in [0.5, 0.6) is 5.88 Å². The van der Waals surface area contributed by atoms with Crippen LogP contribution in [0.2, 0.25) is 0 Å². The zero-order valence-corrected chi connectivity index (χ0v) is 12.8. The summed E-state index contributed by atoms with van der Waals surface area (Å²) in [7, 11) is 0. The molecule has 0 unspecified atom stereocenters. The van der Waals surface area contributed by atoms with E-state index in [1.54, 1.807) is 6.20 Å². The lowest BCUT2D eigenvalue weighted by molar-refractivity contribution is 0.138. The standard InChI is InChI=1S/C18H19FN2O2/c19-15-4-2-13(14-3-5-16(20)18(14)15)11-1-6-17(21-9-11)23-12-7-8-22-10-12/h1-2,4,6,9,12,16H,3,5,7-8,10,20H2/t12-,16-/m1/s1. The molecular formula is C18H19FN2O2. The number of fused-ring (bicyclic) bond motifs is 1. The van der Waals surface area contributed by atoms with E-state index in [0.29, 0.717) is 18.1 Å². The largest absolute Gasteiger partial charge is 0.472 e. The van der Waals surface area contributed by atoms with Crippen molar-refractivity contribution in [1.29, 1.82) is 0 Å². The predicted molar refractivity (Wildman–Crippen MR) is 84.7 cm³/mol. The number of rotatable bonds is 3. The average Bonchev–Trinajstić information content (AvgIpc) is 3.19. The molecule has 4 nitrogen and oxygen atoms in total. The zero-order chi connectivity index (χ0) is 15.8. The second-order valence-electron chi connectivity index (χ2n) is 6.12. The third kappa shape index (κ3) is 2.71. The summed E-state index contributed by atoms with van der Waals surface area (Å²) in [6, 6.07) is 6.94. The van der Waals surface area contributed by atoms with Crippen LogP contribution in [0.3, 0.4) is 0 Å². The first-order chi connectivity index (χ1) is 11.2. The van der Waals surface area contributed by atoms with Gasteiger partial charge in [0.15, 0.2) is 0 Å². The van der Waals surface area contributed by atoms with Crippen LogP contribution < -0.4 is 10.5 Å². The minimum absolute atomic E-state index is 0.0846. The first kappa shape index (κ1) is 14.6. The Bertz CT molecular complexity index is 712. The van der Waals surface area contributed by atoms with Crippen molar-refractivity contribution in [1.82, 2.24) is 4.98 Å². The molecule has 0 spiro atoms. The van der Waals surface area contributed by atoms with Gasteiger partial charge in [-0.3, -0.25) is 0 Å². The molecule has 5 heteroatoms. The molecule has 1 aliphatic heterocycles. The third-order valence-corrected chi connectivity index (χ3v) is 4.60. The minimum atomic E-state index is -0.206. The van der Waals surface area contributed by atoms with E-state index in [0.717, 1.165) is 42.6 Å². The number of ether oxygens (including phenoxy) is 2. The van der Waals surface area contributed by atoms with Crippen molar-refractivity contribution in [3.05, 3.63) is 47.4 Å². The van der Waals surface area contributed by atoms with Crippen molar-refractivity contribution < 1.29 is 13.9 Å². The van der Waals surface area contributed by atoms with Gasteiger partial charge < -0.3 is 15.2 Å². The van der Waals surface area contributed by atoms with E-state index in [-0.39, 0.29) is 18.0 Å². The lowest BCUT2D eigenvalue weighted by atomic mass is 9.97. The lowest BCUT2D eigenvalue weighted by Crippen LogP contribution is -2.16. The maximum absolute atomic E-state index is 14.0. The molecule has 0 bridgehead atoms. The summed E-state index contributed by atoms with van der Waals surface area (Å²) in [4.78, 5) is 4.38. The molecule has 120 valence electrons. The van der Waals surface area contributed by atoms with Gasteiger partial charge in [-0.1, -0.05) is 6.07 Å². The highest BCUT2D eigenvalue weighted by molar-refractivity contribution is 5.69. The van der Waals surface area contributed by atoms with Crippen molar-refractivity contribution >= 4 is 0 Å². The first-order valence-electron chi connectivity index (χ1n) is 8.00. The summed E-state index contributed by atoms with van der Waals surface area (Å²) in [5.41, 5.74) is 9.67. The number of aromatic nitrogens is 1. The first-order valence-corrected chi connectivity index (χ1v) is 8.00. The Balaban J connectivity index is 1.61.